The Morgan fingerprint density at radius 1 is 1.00 bits per heavy atom. The van der Waals surface area contributed by atoms with Gasteiger partial charge in [-0.15, -0.1) is 21.5 Å². The molecule has 4 nitrogen and oxygen atoms in total. The highest BCUT2D eigenvalue weighted by molar-refractivity contribution is 7.98. The zero-order valence-electron chi connectivity index (χ0n) is 13.6. The van der Waals surface area contributed by atoms with Gasteiger partial charge in [0.2, 0.25) is 0 Å². The molecule has 4 aromatic rings. The van der Waals surface area contributed by atoms with Gasteiger partial charge in [-0.1, -0.05) is 60.3 Å². The van der Waals surface area contributed by atoms with E-state index in [-0.39, 0.29) is 0 Å². The average Bonchev–Trinajstić information content (AvgIpc) is 3.38. The number of nitriles is 1. The van der Waals surface area contributed by atoms with Crippen molar-refractivity contribution in [3.63, 3.8) is 0 Å². The van der Waals surface area contributed by atoms with Gasteiger partial charge >= 0.3 is 0 Å². The van der Waals surface area contributed by atoms with E-state index in [4.69, 9.17) is 4.42 Å². The first-order valence-electron chi connectivity index (χ1n) is 7.92. The number of hydrogen-bond donors (Lipinski definition) is 0. The zero-order valence-corrected chi connectivity index (χ0v) is 15.3. The van der Waals surface area contributed by atoms with E-state index in [0.717, 1.165) is 27.3 Å². The summed E-state index contributed by atoms with van der Waals surface area (Å²) in [5.74, 6) is 1.30. The minimum absolute atomic E-state index is 0.561. The molecule has 0 saturated carbocycles. The Morgan fingerprint density at radius 3 is 2.62 bits per heavy atom. The summed E-state index contributed by atoms with van der Waals surface area (Å²) in [6, 6.07) is 22.0. The van der Waals surface area contributed by atoms with Crippen LogP contribution in [-0.4, -0.2) is 10.2 Å². The van der Waals surface area contributed by atoms with Crippen LogP contribution in [0.25, 0.3) is 21.9 Å². The van der Waals surface area contributed by atoms with Crippen LogP contribution in [0.1, 0.15) is 11.1 Å². The molecule has 0 spiro atoms. The van der Waals surface area contributed by atoms with E-state index in [2.05, 4.69) is 28.4 Å². The first-order chi connectivity index (χ1) is 12.8. The van der Waals surface area contributed by atoms with Gasteiger partial charge in [-0.25, -0.2) is 0 Å². The first kappa shape index (κ1) is 16.6. The van der Waals surface area contributed by atoms with Gasteiger partial charge in [-0.05, 0) is 34.2 Å². The lowest BCUT2D eigenvalue weighted by molar-refractivity contribution is 0.466. The molecule has 0 radical (unpaired) electrons. The van der Waals surface area contributed by atoms with Crippen LogP contribution in [0.5, 0.6) is 0 Å². The van der Waals surface area contributed by atoms with Gasteiger partial charge in [0.05, 0.1) is 16.5 Å². The molecule has 0 aliphatic carbocycles. The Bertz CT molecular complexity index is 1050. The van der Waals surface area contributed by atoms with Crippen LogP contribution >= 0.6 is 23.1 Å². The van der Waals surface area contributed by atoms with Crippen molar-refractivity contribution in [2.45, 2.75) is 11.0 Å². The zero-order chi connectivity index (χ0) is 17.8. The molecule has 4 rings (SSSR count). The smallest absolute Gasteiger partial charge is 0.277 e. The van der Waals surface area contributed by atoms with Crippen molar-refractivity contribution in [3.05, 3.63) is 77.2 Å². The van der Waals surface area contributed by atoms with Crippen molar-refractivity contribution < 1.29 is 4.42 Å². The van der Waals surface area contributed by atoms with Crippen molar-refractivity contribution in [2.24, 2.45) is 0 Å². The molecule has 0 saturated heterocycles. The van der Waals surface area contributed by atoms with Gasteiger partial charge in [-0.2, -0.15) is 5.26 Å². The van der Waals surface area contributed by atoms with Crippen molar-refractivity contribution >= 4 is 23.1 Å². The SMILES string of the molecule is N#Cc1ccccc1-c1ccc(CSc2nnc(-c3cccs3)o2)cc1. The maximum atomic E-state index is 9.24. The van der Waals surface area contributed by atoms with Crippen LogP contribution in [-0.2, 0) is 5.75 Å². The highest BCUT2D eigenvalue weighted by Gasteiger charge is 2.10. The number of hydrogen-bond acceptors (Lipinski definition) is 6. The molecule has 0 fully saturated rings. The number of aromatic nitrogens is 2. The van der Waals surface area contributed by atoms with Gasteiger partial charge in [0, 0.05) is 5.75 Å². The van der Waals surface area contributed by atoms with Crippen molar-refractivity contribution in [1.29, 1.82) is 5.26 Å². The van der Waals surface area contributed by atoms with Gasteiger partial charge in [0.1, 0.15) is 0 Å². The molecule has 0 aliphatic rings. The Kier molecular flexibility index (Phi) is 4.82. The average molecular weight is 375 g/mol. The van der Waals surface area contributed by atoms with Gasteiger partial charge in [0.25, 0.3) is 11.1 Å². The predicted octanol–water partition coefficient (Wildman–Crippen LogP) is 5.63. The molecule has 0 aliphatic heterocycles. The fourth-order valence-electron chi connectivity index (χ4n) is 2.53. The topological polar surface area (TPSA) is 62.7 Å². The van der Waals surface area contributed by atoms with E-state index >= 15 is 0 Å². The lowest BCUT2D eigenvalue weighted by atomic mass is 10.00. The van der Waals surface area contributed by atoms with Crippen molar-refractivity contribution in [1.82, 2.24) is 10.2 Å². The lowest BCUT2D eigenvalue weighted by Crippen LogP contribution is -1.85. The molecule has 126 valence electrons. The third-order valence-corrected chi connectivity index (χ3v) is 5.56. The summed E-state index contributed by atoms with van der Waals surface area (Å²) in [4.78, 5) is 0.977. The standard InChI is InChI=1S/C20H13N3OS2/c21-12-16-4-1-2-5-17(16)15-9-7-14(8-10-15)13-26-20-23-22-19(24-20)18-6-3-11-25-18/h1-11H,13H2. The fourth-order valence-corrected chi connectivity index (χ4v) is 3.89. The number of benzene rings is 2. The van der Waals surface area contributed by atoms with Crippen molar-refractivity contribution in [3.8, 4) is 28.0 Å². The number of thiophene rings is 1. The monoisotopic (exact) mass is 375 g/mol. The summed E-state index contributed by atoms with van der Waals surface area (Å²) in [6.07, 6.45) is 0. The van der Waals surface area contributed by atoms with Crippen molar-refractivity contribution in [2.75, 3.05) is 0 Å². The number of rotatable bonds is 5. The second kappa shape index (κ2) is 7.56. The Hall–Kier alpha value is -2.88. The maximum absolute atomic E-state index is 9.24. The van der Waals surface area contributed by atoms with Crippen LogP contribution in [0.4, 0.5) is 0 Å². The van der Waals surface area contributed by atoms with Gasteiger partial charge in [-0.3, -0.25) is 0 Å². The van der Waals surface area contributed by atoms with E-state index < -0.39 is 0 Å². The van der Waals surface area contributed by atoms with E-state index in [1.165, 1.54) is 11.8 Å². The van der Waals surface area contributed by atoms with Gasteiger partial charge in [0.15, 0.2) is 0 Å². The Morgan fingerprint density at radius 2 is 1.85 bits per heavy atom. The summed E-state index contributed by atoms with van der Waals surface area (Å²) in [5, 5.41) is 20.0. The molecule has 2 aromatic carbocycles. The number of thioether (sulfide) groups is 1. The molecular weight excluding hydrogens is 362 g/mol. The molecule has 26 heavy (non-hydrogen) atoms. The third-order valence-electron chi connectivity index (χ3n) is 3.81. The predicted molar refractivity (Wildman–Crippen MR) is 104 cm³/mol. The van der Waals surface area contributed by atoms with Crippen LogP contribution in [0.2, 0.25) is 0 Å². The summed E-state index contributed by atoms with van der Waals surface area (Å²) in [5.41, 5.74) is 3.83. The molecule has 2 heterocycles. The molecular formula is C20H13N3OS2. The fraction of sp³-hybridized carbons (Fsp3) is 0.0500. The molecule has 0 N–H and O–H groups in total. The van der Waals surface area contributed by atoms with Crippen LogP contribution < -0.4 is 0 Å². The van der Waals surface area contributed by atoms with Crippen LogP contribution in [0.3, 0.4) is 0 Å². The molecule has 0 bridgehead atoms. The minimum atomic E-state index is 0.561. The quantitative estimate of drug-likeness (QED) is 0.423. The van der Waals surface area contributed by atoms with Crippen LogP contribution in [0.15, 0.2) is 75.7 Å². The summed E-state index contributed by atoms with van der Waals surface area (Å²) in [6.45, 7) is 0. The Labute approximate surface area is 159 Å². The Balaban J connectivity index is 1.44. The number of nitrogens with zero attached hydrogens (tertiary/aromatic N) is 3. The van der Waals surface area contributed by atoms with E-state index in [1.54, 1.807) is 11.3 Å². The van der Waals surface area contributed by atoms with E-state index in [9.17, 15) is 5.26 Å². The molecule has 6 heteroatoms. The molecule has 0 unspecified atom stereocenters. The van der Waals surface area contributed by atoms with E-state index in [0.29, 0.717) is 16.7 Å². The molecule has 2 aromatic heterocycles. The first-order valence-corrected chi connectivity index (χ1v) is 9.78. The second-order valence-electron chi connectivity index (χ2n) is 5.49. The summed E-state index contributed by atoms with van der Waals surface area (Å²) < 4.78 is 5.69. The normalized spacial score (nSPS) is 10.6. The van der Waals surface area contributed by atoms with Gasteiger partial charge < -0.3 is 4.42 Å². The maximum Gasteiger partial charge on any atom is 0.277 e. The summed E-state index contributed by atoms with van der Waals surface area (Å²) >= 11 is 3.09. The highest BCUT2D eigenvalue weighted by atomic mass is 32.2. The molecule has 0 amide bonds. The lowest BCUT2D eigenvalue weighted by Gasteiger charge is -2.05. The summed E-state index contributed by atoms with van der Waals surface area (Å²) in [7, 11) is 0. The minimum Gasteiger partial charge on any atom is -0.410 e. The largest absolute Gasteiger partial charge is 0.410 e. The highest BCUT2D eigenvalue weighted by Crippen LogP contribution is 2.29. The molecule has 0 atom stereocenters. The van der Waals surface area contributed by atoms with Crippen LogP contribution in [0, 0.1) is 11.3 Å². The van der Waals surface area contributed by atoms with E-state index in [1.807, 2.05) is 53.9 Å². The second-order valence-corrected chi connectivity index (χ2v) is 7.37. The third kappa shape index (κ3) is 3.54.